The van der Waals surface area contributed by atoms with Crippen LogP contribution in [0.3, 0.4) is 0 Å². The summed E-state index contributed by atoms with van der Waals surface area (Å²) >= 11 is 0. The molecule has 1 aliphatic heterocycles. The first-order chi connectivity index (χ1) is 10.2. The summed E-state index contributed by atoms with van der Waals surface area (Å²) in [6, 6.07) is 2.27. The molecular weight excluding hydrogens is 268 g/mol. The predicted octanol–water partition coefficient (Wildman–Crippen LogP) is 2.48. The van der Waals surface area contributed by atoms with E-state index in [-0.39, 0.29) is 6.03 Å². The maximum atomic E-state index is 12.3. The first kappa shape index (κ1) is 14.2. The molecule has 6 heteroatoms. The fraction of sp³-hybridized carbons (Fsp3) is 0.733. The smallest absolute Gasteiger partial charge is 0.317 e. The normalized spacial score (nSPS) is 21.4. The highest BCUT2D eigenvalue weighted by Gasteiger charge is 2.27. The van der Waals surface area contributed by atoms with E-state index < -0.39 is 0 Å². The lowest BCUT2D eigenvalue weighted by molar-refractivity contribution is 0.173. The topological polar surface area (TPSA) is 84.4 Å². The van der Waals surface area contributed by atoms with Crippen LogP contribution in [0.2, 0.25) is 0 Å². The highest BCUT2D eigenvalue weighted by atomic mass is 16.5. The van der Waals surface area contributed by atoms with Crippen molar-refractivity contribution in [3.05, 3.63) is 11.8 Å². The molecule has 0 bridgehead atoms. The molecule has 2 heterocycles. The summed E-state index contributed by atoms with van der Waals surface area (Å²) < 4.78 is 4.93. The number of nitrogens with zero attached hydrogens (tertiary/aromatic N) is 2. The molecule has 3 N–H and O–H groups in total. The van der Waals surface area contributed by atoms with Crippen molar-refractivity contribution in [3.8, 4) is 0 Å². The minimum atomic E-state index is 0.0972. The number of carbonyl (C=O) groups is 1. The Hall–Kier alpha value is -1.72. The third kappa shape index (κ3) is 3.49. The zero-order chi connectivity index (χ0) is 14.7. The van der Waals surface area contributed by atoms with Crippen LogP contribution < -0.4 is 11.1 Å². The molecule has 0 spiro atoms. The number of urea groups is 1. The Balaban J connectivity index is 1.47. The number of piperidine rings is 1. The molecule has 1 saturated heterocycles. The van der Waals surface area contributed by atoms with Crippen molar-refractivity contribution in [1.82, 2.24) is 15.4 Å². The summed E-state index contributed by atoms with van der Waals surface area (Å²) in [4.78, 5) is 14.2. The molecular formula is C15H24N4O2. The number of carbonyl (C=O) groups excluding carboxylic acids is 1. The molecule has 3 rings (SSSR count). The highest BCUT2D eigenvalue weighted by Crippen LogP contribution is 2.28. The first-order valence-corrected chi connectivity index (χ1v) is 8.00. The summed E-state index contributed by atoms with van der Waals surface area (Å²) in [5.41, 5.74) is 6.48. The summed E-state index contributed by atoms with van der Waals surface area (Å²) in [6.45, 7) is 1.55. The zero-order valence-corrected chi connectivity index (χ0v) is 12.4. The fourth-order valence-corrected chi connectivity index (χ4v) is 3.39. The van der Waals surface area contributed by atoms with Crippen molar-refractivity contribution < 1.29 is 9.32 Å². The molecule has 0 radical (unpaired) electrons. The fourth-order valence-electron chi connectivity index (χ4n) is 3.39. The van der Waals surface area contributed by atoms with Gasteiger partial charge in [-0.1, -0.05) is 24.4 Å². The number of hydrogen-bond acceptors (Lipinski definition) is 4. The quantitative estimate of drug-likeness (QED) is 0.877. The molecule has 21 heavy (non-hydrogen) atoms. The van der Waals surface area contributed by atoms with E-state index in [0.29, 0.717) is 17.8 Å². The van der Waals surface area contributed by atoms with Crippen LogP contribution in [-0.4, -0.2) is 35.2 Å². The minimum Gasteiger partial charge on any atom is -0.368 e. The van der Waals surface area contributed by atoms with Gasteiger partial charge < -0.3 is 20.5 Å². The maximum absolute atomic E-state index is 12.3. The van der Waals surface area contributed by atoms with E-state index in [1.807, 2.05) is 4.90 Å². The molecule has 2 amide bonds. The van der Waals surface area contributed by atoms with E-state index in [1.54, 1.807) is 6.07 Å². The summed E-state index contributed by atoms with van der Waals surface area (Å²) in [7, 11) is 0. The second kappa shape index (κ2) is 6.37. The molecule has 2 aliphatic rings. The van der Waals surface area contributed by atoms with Crippen molar-refractivity contribution >= 4 is 11.9 Å². The van der Waals surface area contributed by atoms with Crippen LogP contribution in [0.5, 0.6) is 0 Å². The van der Waals surface area contributed by atoms with Gasteiger partial charge in [-0.15, -0.1) is 0 Å². The molecule has 1 aliphatic carbocycles. The largest absolute Gasteiger partial charge is 0.368 e. The van der Waals surface area contributed by atoms with Crippen LogP contribution in [0.4, 0.5) is 10.7 Å². The first-order valence-electron chi connectivity index (χ1n) is 8.00. The van der Waals surface area contributed by atoms with Crippen molar-refractivity contribution in [2.24, 2.45) is 0 Å². The molecule has 1 aromatic rings. The van der Waals surface area contributed by atoms with E-state index in [9.17, 15) is 4.79 Å². The van der Waals surface area contributed by atoms with Gasteiger partial charge in [0, 0.05) is 31.1 Å². The number of nitrogens with one attached hydrogen (secondary N) is 1. The number of likely N-dealkylation sites (tertiary alicyclic amines) is 1. The lowest BCUT2D eigenvalue weighted by Crippen LogP contribution is -2.48. The van der Waals surface area contributed by atoms with Crippen molar-refractivity contribution in [3.63, 3.8) is 0 Å². The molecule has 0 atom stereocenters. The van der Waals surface area contributed by atoms with Gasteiger partial charge in [-0.2, -0.15) is 0 Å². The van der Waals surface area contributed by atoms with Gasteiger partial charge in [0.05, 0.1) is 5.69 Å². The van der Waals surface area contributed by atoms with E-state index in [4.69, 9.17) is 10.3 Å². The molecule has 0 aromatic carbocycles. The zero-order valence-electron chi connectivity index (χ0n) is 12.4. The van der Waals surface area contributed by atoms with Gasteiger partial charge in [0.2, 0.25) is 5.88 Å². The Kier molecular flexibility index (Phi) is 4.31. The van der Waals surface area contributed by atoms with Crippen LogP contribution in [0.1, 0.15) is 56.6 Å². The Morgan fingerprint density at radius 3 is 2.57 bits per heavy atom. The van der Waals surface area contributed by atoms with Gasteiger partial charge in [0.25, 0.3) is 0 Å². The van der Waals surface area contributed by atoms with Crippen molar-refractivity contribution in [2.45, 2.75) is 56.9 Å². The van der Waals surface area contributed by atoms with Crippen LogP contribution >= 0.6 is 0 Å². The second-order valence-electron chi connectivity index (χ2n) is 6.20. The Morgan fingerprint density at radius 1 is 1.24 bits per heavy atom. The highest BCUT2D eigenvalue weighted by molar-refractivity contribution is 5.74. The number of amides is 2. The van der Waals surface area contributed by atoms with Gasteiger partial charge in [-0.3, -0.25) is 0 Å². The summed E-state index contributed by atoms with van der Waals surface area (Å²) in [5.74, 6) is 0.715. The predicted molar refractivity (Wildman–Crippen MR) is 79.9 cm³/mol. The number of nitrogen functional groups attached to an aromatic ring is 1. The van der Waals surface area contributed by atoms with E-state index >= 15 is 0 Å². The van der Waals surface area contributed by atoms with E-state index in [0.717, 1.165) is 44.5 Å². The number of anilines is 1. The second-order valence-corrected chi connectivity index (χ2v) is 6.20. The SMILES string of the molecule is Nc1cc(C2CCN(C(=O)NC3CCCCC3)CC2)no1. The maximum Gasteiger partial charge on any atom is 0.317 e. The van der Waals surface area contributed by atoms with Crippen molar-refractivity contribution in [2.75, 3.05) is 18.8 Å². The third-order valence-corrected chi connectivity index (χ3v) is 4.68. The summed E-state index contributed by atoms with van der Waals surface area (Å²) in [6.07, 6.45) is 7.87. The lowest BCUT2D eigenvalue weighted by Gasteiger charge is -2.33. The van der Waals surface area contributed by atoms with E-state index in [2.05, 4.69) is 10.5 Å². The van der Waals surface area contributed by atoms with Gasteiger partial charge in [0.1, 0.15) is 0 Å². The van der Waals surface area contributed by atoms with E-state index in [1.165, 1.54) is 19.3 Å². The number of hydrogen-bond donors (Lipinski definition) is 2. The molecule has 116 valence electrons. The van der Waals surface area contributed by atoms with Crippen LogP contribution in [0.15, 0.2) is 10.6 Å². The van der Waals surface area contributed by atoms with Crippen molar-refractivity contribution in [1.29, 1.82) is 0 Å². The summed E-state index contributed by atoms with van der Waals surface area (Å²) in [5, 5.41) is 7.16. The molecule has 1 aromatic heterocycles. The Labute approximate surface area is 125 Å². The van der Waals surface area contributed by atoms with Gasteiger partial charge in [-0.25, -0.2) is 4.79 Å². The third-order valence-electron chi connectivity index (χ3n) is 4.68. The average molecular weight is 292 g/mol. The number of rotatable bonds is 2. The van der Waals surface area contributed by atoms with Crippen LogP contribution in [-0.2, 0) is 0 Å². The minimum absolute atomic E-state index is 0.0972. The average Bonchev–Trinajstić information content (AvgIpc) is 2.95. The molecule has 1 saturated carbocycles. The van der Waals surface area contributed by atoms with Gasteiger partial charge in [0.15, 0.2) is 0 Å². The lowest BCUT2D eigenvalue weighted by atomic mass is 9.93. The molecule has 0 unspecified atom stereocenters. The monoisotopic (exact) mass is 292 g/mol. The molecule has 6 nitrogen and oxygen atoms in total. The van der Waals surface area contributed by atoms with Gasteiger partial charge >= 0.3 is 6.03 Å². The standard InChI is InChI=1S/C15H24N4O2/c16-14-10-13(18-21-14)11-6-8-19(9-7-11)15(20)17-12-4-2-1-3-5-12/h10-12H,1-9,16H2,(H,17,20). The number of aromatic nitrogens is 1. The van der Waals surface area contributed by atoms with Gasteiger partial charge in [-0.05, 0) is 25.7 Å². The Bertz CT molecular complexity index is 474. The van der Waals surface area contributed by atoms with Crippen LogP contribution in [0.25, 0.3) is 0 Å². The Morgan fingerprint density at radius 2 is 1.95 bits per heavy atom. The van der Waals surface area contributed by atoms with Crippen LogP contribution in [0, 0.1) is 0 Å². The molecule has 2 fully saturated rings. The number of nitrogens with two attached hydrogens (primary N) is 1.